The van der Waals surface area contributed by atoms with Crippen molar-refractivity contribution in [3.63, 3.8) is 0 Å². The lowest BCUT2D eigenvalue weighted by atomic mass is 9.79. The summed E-state index contributed by atoms with van der Waals surface area (Å²) >= 11 is 0. The van der Waals surface area contributed by atoms with E-state index >= 15 is 0 Å². The number of aryl methyl sites for hydroxylation is 1. The number of nitrogens with one attached hydrogen (secondary N) is 1. The van der Waals surface area contributed by atoms with Gasteiger partial charge in [-0.25, -0.2) is 0 Å². The van der Waals surface area contributed by atoms with Gasteiger partial charge in [-0.1, -0.05) is 57.5 Å². The van der Waals surface area contributed by atoms with Gasteiger partial charge in [0.2, 0.25) is 11.8 Å². The first-order valence-corrected chi connectivity index (χ1v) is 12.8. The van der Waals surface area contributed by atoms with Crippen LogP contribution in [0, 0.1) is 5.92 Å². The molecule has 2 heterocycles. The summed E-state index contributed by atoms with van der Waals surface area (Å²) < 4.78 is 0. The monoisotopic (exact) mass is 441 g/mol. The van der Waals surface area contributed by atoms with Crippen LogP contribution in [0.2, 0.25) is 0 Å². The molecular formula is C27H43N3O2. The molecule has 0 aliphatic carbocycles. The van der Waals surface area contributed by atoms with Crippen LogP contribution in [0.3, 0.4) is 0 Å². The largest absolute Gasteiger partial charge is 0.342 e. The molecule has 32 heavy (non-hydrogen) atoms. The molecule has 0 aromatic heterocycles. The molecule has 1 aromatic carbocycles. The molecule has 1 aromatic rings. The highest BCUT2D eigenvalue weighted by Gasteiger charge is 2.54. The van der Waals surface area contributed by atoms with E-state index in [0.29, 0.717) is 12.3 Å². The lowest BCUT2D eigenvalue weighted by Crippen LogP contribution is -2.74. The fourth-order valence-electron chi connectivity index (χ4n) is 5.40. The second-order valence-corrected chi connectivity index (χ2v) is 10.3. The van der Waals surface area contributed by atoms with Gasteiger partial charge in [-0.3, -0.25) is 9.59 Å². The van der Waals surface area contributed by atoms with E-state index in [1.165, 1.54) is 24.8 Å². The highest BCUT2D eigenvalue weighted by Crippen LogP contribution is 2.36. The number of hydrogen-bond acceptors (Lipinski definition) is 3. The Labute approximate surface area is 194 Å². The lowest BCUT2D eigenvalue weighted by molar-refractivity contribution is -0.165. The maximum atomic E-state index is 13.4. The Morgan fingerprint density at radius 1 is 1.03 bits per heavy atom. The Kier molecular flexibility index (Phi) is 8.75. The van der Waals surface area contributed by atoms with Gasteiger partial charge in [-0.2, -0.15) is 0 Å². The molecule has 1 N–H and O–H groups in total. The van der Waals surface area contributed by atoms with Crippen LogP contribution in [-0.4, -0.2) is 58.9 Å². The number of amides is 2. The van der Waals surface area contributed by atoms with Crippen LogP contribution in [0.5, 0.6) is 0 Å². The summed E-state index contributed by atoms with van der Waals surface area (Å²) in [6.45, 7) is 11.3. The number of carbonyl (C=O) groups excluding carboxylic acids is 2. The second kappa shape index (κ2) is 11.3. The van der Waals surface area contributed by atoms with E-state index < -0.39 is 5.54 Å². The molecule has 1 unspecified atom stereocenters. The van der Waals surface area contributed by atoms with Gasteiger partial charge < -0.3 is 15.1 Å². The Balaban J connectivity index is 1.53. The topological polar surface area (TPSA) is 52.7 Å². The van der Waals surface area contributed by atoms with E-state index in [4.69, 9.17) is 0 Å². The molecule has 2 atom stereocenters. The zero-order chi connectivity index (χ0) is 23.1. The molecule has 5 heteroatoms. The molecule has 2 saturated heterocycles. The third-order valence-corrected chi connectivity index (χ3v) is 7.43. The smallest absolute Gasteiger partial charge is 0.246 e. The SMILES string of the molecule is CCC(C)N1C(=O)[C@H](CC(C)C)NC(=O)C12CCN(CCCCCc1ccccc1)CC2. The standard InChI is InChI=1S/C27H43N3O2/c1-5-22(4)30-25(31)24(20-21(2)3)28-26(32)27(30)15-18-29(19-16-27)17-11-7-10-14-23-12-8-6-9-13-23/h6,8-9,12-13,21-22,24H,5,7,10-11,14-20H2,1-4H3,(H,28,32)/t22?,24-/m0/s1. The molecule has 178 valence electrons. The van der Waals surface area contributed by atoms with E-state index in [1.807, 2.05) is 4.90 Å². The molecule has 2 aliphatic rings. The van der Waals surface area contributed by atoms with Crippen molar-refractivity contribution in [1.29, 1.82) is 0 Å². The van der Waals surface area contributed by atoms with Gasteiger partial charge in [-0.15, -0.1) is 0 Å². The van der Waals surface area contributed by atoms with Crippen molar-refractivity contribution in [2.45, 2.75) is 96.7 Å². The van der Waals surface area contributed by atoms with Crippen molar-refractivity contribution in [1.82, 2.24) is 15.1 Å². The zero-order valence-corrected chi connectivity index (χ0v) is 20.6. The van der Waals surface area contributed by atoms with Crippen LogP contribution >= 0.6 is 0 Å². The first-order chi connectivity index (χ1) is 15.4. The first kappa shape index (κ1) is 24.8. The molecular weight excluding hydrogens is 398 g/mol. The number of nitrogens with zero attached hydrogens (tertiary/aromatic N) is 2. The molecule has 0 bridgehead atoms. The summed E-state index contributed by atoms with van der Waals surface area (Å²) in [6.07, 6.45) is 7.86. The predicted molar refractivity (Wildman–Crippen MR) is 130 cm³/mol. The van der Waals surface area contributed by atoms with Crippen LogP contribution in [0.15, 0.2) is 30.3 Å². The van der Waals surface area contributed by atoms with Gasteiger partial charge in [-0.05, 0) is 69.9 Å². The minimum atomic E-state index is -0.663. The maximum Gasteiger partial charge on any atom is 0.246 e. The average Bonchev–Trinajstić information content (AvgIpc) is 2.78. The number of hydrogen-bond donors (Lipinski definition) is 1. The quantitative estimate of drug-likeness (QED) is 0.547. The third kappa shape index (κ3) is 5.72. The maximum absolute atomic E-state index is 13.4. The minimum Gasteiger partial charge on any atom is -0.342 e. The summed E-state index contributed by atoms with van der Waals surface area (Å²) in [7, 11) is 0. The Bertz CT molecular complexity index is 741. The molecule has 0 saturated carbocycles. The molecule has 2 fully saturated rings. The van der Waals surface area contributed by atoms with E-state index in [1.54, 1.807) is 0 Å². The summed E-state index contributed by atoms with van der Waals surface area (Å²) in [5.74, 6) is 0.577. The average molecular weight is 442 g/mol. The Morgan fingerprint density at radius 2 is 1.72 bits per heavy atom. The van der Waals surface area contributed by atoms with E-state index in [0.717, 1.165) is 45.3 Å². The number of rotatable bonds is 10. The molecule has 1 spiro atoms. The molecule has 5 nitrogen and oxygen atoms in total. The number of piperazine rings is 1. The van der Waals surface area contributed by atoms with Crippen molar-refractivity contribution >= 4 is 11.8 Å². The highest BCUT2D eigenvalue weighted by molar-refractivity contribution is 6.00. The fourth-order valence-corrected chi connectivity index (χ4v) is 5.40. The fraction of sp³-hybridized carbons (Fsp3) is 0.704. The van der Waals surface area contributed by atoms with Gasteiger partial charge in [0.25, 0.3) is 0 Å². The van der Waals surface area contributed by atoms with Crippen LogP contribution < -0.4 is 5.32 Å². The number of likely N-dealkylation sites (tertiary alicyclic amines) is 1. The molecule has 3 rings (SSSR count). The van der Waals surface area contributed by atoms with E-state index in [2.05, 4.69) is 68.2 Å². The van der Waals surface area contributed by atoms with Crippen molar-refractivity contribution in [2.24, 2.45) is 5.92 Å². The number of piperidine rings is 1. The first-order valence-electron chi connectivity index (χ1n) is 12.8. The number of unbranched alkanes of at least 4 members (excludes halogenated alkanes) is 2. The Hall–Kier alpha value is -1.88. The summed E-state index contributed by atoms with van der Waals surface area (Å²) in [5.41, 5.74) is 0.755. The van der Waals surface area contributed by atoms with Crippen LogP contribution in [-0.2, 0) is 16.0 Å². The van der Waals surface area contributed by atoms with Gasteiger partial charge in [0, 0.05) is 19.1 Å². The van der Waals surface area contributed by atoms with Gasteiger partial charge >= 0.3 is 0 Å². The summed E-state index contributed by atoms with van der Waals surface area (Å²) in [6, 6.07) is 10.4. The Morgan fingerprint density at radius 3 is 2.34 bits per heavy atom. The highest BCUT2D eigenvalue weighted by atomic mass is 16.2. The van der Waals surface area contributed by atoms with Crippen molar-refractivity contribution in [3.05, 3.63) is 35.9 Å². The van der Waals surface area contributed by atoms with Crippen LogP contribution in [0.1, 0.15) is 78.2 Å². The normalized spacial score (nSPS) is 22.4. The predicted octanol–water partition coefficient (Wildman–Crippen LogP) is 4.41. The molecule has 2 aliphatic heterocycles. The number of benzene rings is 1. The van der Waals surface area contributed by atoms with Gasteiger partial charge in [0.15, 0.2) is 0 Å². The van der Waals surface area contributed by atoms with E-state index in [9.17, 15) is 9.59 Å². The summed E-state index contributed by atoms with van der Waals surface area (Å²) in [4.78, 5) is 31.2. The van der Waals surface area contributed by atoms with Crippen LogP contribution in [0.4, 0.5) is 0 Å². The minimum absolute atomic E-state index is 0.0746. The van der Waals surface area contributed by atoms with Crippen LogP contribution in [0.25, 0.3) is 0 Å². The third-order valence-electron chi connectivity index (χ3n) is 7.43. The van der Waals surface area contributed by atoms with Crippen molar-refractivity contribution in [2.75, 3.05) is 19.6 Å². The van der Waals surface area contributed by atoms with Gasteiger partial charge in [0.05, 0.1) is 0 Å². The molecule has 0 radical (unpaired) electrons. The van der Waals surface area contributed by atoms with Gasteiger partial charge in [0.1, 0.15) is 11.6 Å². The second-order valence-electron chi connectivity index (χ2n) is 10.3. The zero-order valence-electron chi connectivity index (χ0n) is 20.6. The molecule has 2 amide bonds. The van der Waals surface area contributed by atoms with E-state index in [-0.39, 0.29) is 23.9 Å². The number of carbonyl (C=O) groups is 2. The lowest BCUT2D eigenvalue weighted by Gasteiger charge is -2.54. The van der Waals surface area contributed by atoms with Crippen molar-refractivity contribution < 1.29 is 9.59 Å². The van der Waals surface area contributed by atoms with Crippen molar-refractivity contribution in [3.8, 4) is 0 Å². The summed E-state index contributed by atoms with van der Waals surface area (Å²) in [5, 5.41) is 3.11.